The van der Waals surface area contributed by atoms with Gasteiger partial charge in [0.15, 0.2) is 5.75 Å². The molecule has 1 N–H and O–H groups in total. The topological polar surface area (TPSA) is 79.7 Å². The number of likely N-dealkylation sites (tertiary alicyclic amines) is 1. The van der Waals surface area contributed by atoms with E-state index < -0.39 is 17.7 Å². The largest absolute Gasteiger partial charge is 0.507 e. The number of aryl methyl sites for hydroxylation is 1. The summed E-state index contributed by atoms with van der Waals surface area (Å²) >= 11 is 12.5. The second-order valence-electron chi connectivity index (χ2n) is 7.61. The standard InChI is InChI=1S/C25H20Cl2N2O4/c1-14-5-3-4-6-17(14)21-20(22(30)16-11-18(26)24(33-2)19(27)12-16)23(31)25(32)29(21)13-15-7-9-28-10-8-15/h3-12,21,30H,13H2,1-2H3/b22-20+. The molecule has 1 unspecified atom stereocenters. The van der Waals surface area contributed by atoms with Gasteiger partial charge in [-0.15, -0.1) is 0 Å². The van der Waals surface area contributed by atoms with Crippen LogP contribution in [0.3, 0.4) is 0 Å². The van der Waals surface area contributed by atoms with Crippen molar-refractivity contribution in [3.63, 3.8) is 0 Å². The van der Waals surface area contributed by atoms with Gasteiger partial charge in [0.2, 0.25) is 0 Å². The van der Waals surface area contributed by atoms with E-state index in [0.717, 1.165) is 16.7 Å². The van der Waals surface area contributed by atoms with Crippen molar-refractivity contribution >= 4 is 40.7 Å². The Labute approximate surface area is 201 Å². The summed E-state index contributed by atoms with van der Waals surface area (Å²) in [5.41, 5.74) is 2.60. The number of methoxy groups -OCH3 is 1. The molecule has 0 bridgehead atoms. The van der Waals surface area contributed by atoms with Crippen LogP contribution in [0.25, 0.3) is 5.76 Å². The van der Waals surface area contributed by atoms with Crippen molar-refractivity contribution in [2.45, 2.75) is 19.5 Å². The summed E-state index contributed by atoms with van der Waals surface area (Å²) < 4.78 is 5.17. The first kappa shape index (κ1) is 22.8. The van der Waals surface area contributed by atoms with E-state index in [4.69, 9.17) is 27.9 Å². The number of amides is 1. The van der Waals surface area contributed by atoms with Crippen molar-refractivity contribution in [3.8, 4) is 5.75 Å². The molecule has 33 heavy (non-hydrogen) atoms. The Morgan fingerprint density at radius 1 is 1.09 bits per heavy atom. The predicted octanol–water partition coefficient (Wildman–Crippen LogP) is 5.33. The zero-order valence-electron chi connectivity index (χ0n) is 17.9. The van der Waals surface area contributed by atoms with Crippen LogP contribution in [0.15, 0.2) is 66.5 Å². The first-order chi connectivity index (χ1) is 15.8. The summed E-state index contributed by atoms with van der Waals surface area (Å²) in [4.78, 5) is 31.8. The molecule has 3 aromatic rings. The summed E-state index contributed by atoms with van der Waals surface area (Å²) in [6, 6.07) is 13.1. The Kier molecular flexibility index (Phi) is 6.40. The molecule has 2 aromatic carbocycles. The first-order valence-corrected chi connectivity index (χ1v) is 10.8. The number of carbonyl (C=O) groups excluding carboxylic acids is 2. The number of hydrogen-bond acceptors (Lipinski definition) is 5. The molecule has 4 rings (SSSR count). The molecule has 168 valence electrons. The molecule has 1 amide bonds. The minimum atomic E-state index is -0.793. The van der Waals surface area contributed by atoms with Crippen LogP contribution in [0, 0.1) is 6.92 Å². The number of halogens is 2. The van der Waals surface area contributed by atoms with E-state index in [9.17, 15) is 14.7 Å². The average Bonchev–Trinajstić information content (AvgIpc) is 3.04. The van der Waals surface area contributed by atoms with Crippen LogP contribution >= 0.6 is 23.2 Å². The van der Waals surface area contributed by atoms with E-state index in [1.54, 1.807) is 24.5 Å². The Morgan fingerprint density at radius 2 is 1.73 bits per heavy atom. The SMILES string of the molecule is COc1c(Cl)cc(/C(O)=C2\C(=O)C(=O)N(Cc3ccncc3)C2c2ccccc2C)cc1Cl. The van der Waals surface area contributed by atoms with E-state index in [1.165, 1.54) is 24.1 Å². The molecule has 0 radical (unpaired) electrons. The number of pyridine rings is 1. The van der Waals surface area contributed by atoms with Gasteiger partial charge in [-0.25, -0.2) is 0 Å². The quantitative estimate of drug-likeness (QED) is 0.302. The lowest BCUT2D eigenvalue weighted by atomic mass is 9.92. The smallest absolute Gasteiger partial charge is 0.295 e. The van der Waals surface area contributed by atoms with Crippen LogP contribution in [0.5, 0.6) is 5.75 Å². The molecule has 1 aliphatic heterocycles. The maximum absolute atomic E-state index is 13.2. The Hall–Kier alpha value is -3.35. The number of Topliss-reactive ketones (excluding diaryl/α,β-unsaturated/α-hetero) is 1. The molecule has 1 saturated heterocycles. The molecule has 6 nitrogen and oxygen atoms in total. The summed E-state index contributed by atoms with van der Waals surface area (Å²) in [5.74, 6) is -1.58. The Bertz CT molecular complexity index is 1250. The van der Waals surface area contributed by atoms with Crippen LogP contribution in [0.1, 0.15) is 28.3 Å². The number of aliphatic hydroxyl groups excluding tert-OH is 1. The van der Waals surface area contributed by atoms with Gasteiger partial charge in [0.1, 0.15) is 5.76 Å². The molecule has 1 atom stereocenters. The van der Waals surface area contributed by atoms with Crippen molar-refractivity contribution in [2.75, 3.05) is 7.11 Å². The molecule has 1 aromatic heterocycles. The highest BCUT2D eigenvalue weighted by molar-refractivity contribution is 6.46. The van der Waals surface area contributed by atoms with Crippen LogP contribution in [0.2, 0.25) is 10.0 Å². The van der Waals surface area contributed by atoms with Crippen LogP contribution in [0.4, 0.5) is 0 Å². The van der Waals surface area contributed by atoms with Gasteiger partial charge in [0, 0.05) is 24.5 Å². The fourth-order valence-corrected chi connectivity index (χ4v) is 4.63. The molecule has 1 aliphatic rings. The molecular formula is C25H20Cl2N2O4. The summed E-state index contributed by atoms with van der Waals surface area (Å²) in [6.07, 6.45) is 3.24. The number of nitrogens with zero attached hydrogens (tertiary/aromatic N) is 2. The van der Waals surface area contributed by atoms with Crippen LogP contribution in [-0.4, -0.2) is 33.8 Å². The average molecular weight is 483 g/mol. The first-order valence-electron chi connectivity index (χ1n) is 10.1. The maximum Gasteiger partial charge on any atom is 0.295 e. The second kappa shape index (κ2) is 9.25. The number of rotatable bonds is 5. The van der Waals surface area contributed by atoms with Crippen molar-refractivity contribution in [1.29, 1.82) is 0 Å². The fraction of sp³-hybridized carbons (Fsp3) is 0.160. The van der Waals surface area contributed by atoms with E-state index in [-0.39, 0.29) is 39.2 Å². The van der Waals surface area contributed by atoms with Gasteiger partial charge >= 0.3 is 0 Å². The molecular weight excluding hydrogens is 463 g/mol. The van der Waals surface area contributed by atoms with Gasteiger partial charge in [-0.05, 0) is 47.9 Å². The van der Waals surface area contributed by atoms with Crippen LogP contribution in [-0.2, 0) is 16.1 Å². The van der Waals surface area contributed by atoms with Crippen molar-refractivity contribution < 1.29 is 19.4 Å². The monoisotopic (exact) mass is 482 g/mol. The highest BCUT2D eigenvalue weighted by Gasteiger charge is 2.46. The number of benzene rings is 2. The highest BCUT2D eigenvalue weighted by Crippen LogP contribution is 2.43. The van der Waals surface area contributed by atoms with E-state index >= 15 is 0 Å². The zero-order valence-corrected chi connectivity index (χ0v) is 19.4. The van der Waals surface area contributed by atoms with Crippen LogP contribution < -0.4 is 4.74 Å². The molecule has 0 saturated carbocycles. The van der Waals surface area contributed by atoms with E-state index in [0.29, 0.717) is 0 Å². The van der Waals surface area contributed by atoms with Gasteiger partial charge in [0.05, 0.1) is 28.8 Å². The van der Waals surface area contributed by atoms with Crippen molar-refractivity contribution in [3.05, 3.63) is 98.8 Å². The Balaban J connectivity index is 1.91. The Morgan fingerprint density at radius 3 is 2.33 bits per heavy atom. The minimum absolute atomic E-state index is 0.0272. The van der Waals surface area contributed by atoms with Gasteiger partial charge in [-0.3, -0.25) is 14.6 Å². The number of carbonyl (C=O) groups is 2. The highest BCUT2D eigenvalue weighted by atomic mass is 35.5. The number of aromatic nitrogens is 1. The normalized spacial score (nSPS) is 17.5. The number of aliphatic hydroxyl groups is 1. The lowest BCUT2D eigenvalue weighted by Crippen LogP contribution is -2.29. The van der Waals surface area contributed by atoms with E-state index in [2.05, 4.69) is 4.98 Å². The molecule has 0 aliphatic carbocycles. The minimum Gasteiger partial charge on any atom is -0.507 e. The zero-order chi connectivity index (χ0) is 23.7. The number of hydrogen-bond donors (Lipinski definition) is 1. The van der Waals surface area contributed by atoms with Crippen molar-refractivity contribution in [1.82, 2.24) is 9.88 Å². The van der Waals surface area contributed by atoms with Gasteiger partial charge in [-0.2, -0.15) is 0 Å². The summed E-state index contributed by atoms with van der Waals surface area (Å²) in [7, 11) is 1.43. The molecule has 1 fully saturated rings. The third-order valence-electron chi connectivity index (χ3n) is 5.60. The third kappa shape index (κ3) is 4.19. The number of ketones is 1. The van der Waals surface area contributed by atoms with Gasteiger partial charge in [-0.1, -0.05) is 47.5 Å². The lowest BCUT2D eigenvalue weighted by Gasteiger charge is -2.26. The van der Waals surface area contributed by atoms with Gasteiger partial charge < -0.3 is 14.7 Å². The van der Waals surface area contributed by atoms with Gasteiger partial charge in [0.25, 0.3) is 11.7 Å². The van der Waals surface area contributed by atoms with Crippen molar-refractivity contribution in [2.24, 2.45) is 0 Å². The summed E-state index contributed by atoms with van der Waals surface area (Å²) in [6.45, 7) is 2.07. The lowest BCUT2D eigenvalue weighted by molar-refractivity contribution is -0.140. The second-order valence-corrected chi connectivity index (χ2v) is 8.43. The molecule has 2 heterocycles. The fourth-order valence-electron chi connectivity index (χ4n) is 3.99. The third-order valence-corrected chi connectivity index (χ3v) is 6.16. The maximum atomic E-state index is 13.2. The molecule has 0 spiro atoms. The summed E-state index contributed by atoms with van der Waals surface area (Å²) in [5, 5.41) is 11.6. The van der Waals surface area contributed by atoms with E-state index in [1.807, 2.05) is 31.2 Å². The number of ether oxygens (including phenoxy) is 1. The predicted molar refractivity (Wildman–Crippen MR) is 126 cm³/mol. The molecule has 8 heteroatoms.